The van der Waals surface area contributed by atoms with Crippen LogP contribution in [0.5, 0.6) is 5.75 Å². The van der Waals surface area contributed by atoms with Crippen LogP contribution in [0.2, 0.25) is 0 Å². The van der Waals surface area contributed by atoms with Gasteiger partial charge in [0, 0.05) is 43.7 Å². The highest BCUT2D eigenvalue weighted by Crippen LogP contribution is 2.30. The summed E-state index contributed by atoms with van der Waals surface area (Å²) < 4.78 is 4.93. The van der Waals surface area contributed by atoms with Gasteiger partial charge in [-0.2, -0.15) is 0 Å². The zero-order valence-corrected chi connectivity index (χ0v) is 19.3. The van der Waals surface area contributed by atoms with Crippen molar-refractivity contribution in [2.45, 2.75) is 25.7 Å². The number of oxazole rings is 1. The smallest absolute Gasteiger partial charge is 0.275 e. The van der Waals surface area contributed by atoms with E-state index in [1.165, 1.54) is 12.7 Å². The average molecular weight is 477 g/mol. The SMILES string of the molecule is O=C1CCCN(C(=O)c2cocn2)CCCNC(=O)c2cccc(c2)-c2cc(ccc2O)CCN1. The Balaban J connectivity index is 1.53. The number of aromatic nitrogens is 1. The zero-order chi connectivity index (χ0) is 24.6. The van der Waals surface area contributed by atoms with Gasteiger partial charge in [0.2, 0.25) is 5.91 Å². The van der Waals surface area contributed by atoms with Crippen molar-refractivity contribution < 1.29 is 23.9 Å². The van der Waals surface area contributed by atoms with Crippen molar-refractivity contribution in [3.05, 3.63) is 71.9 Å². The lowest BCUT2D eigenvalue weighted by Gasteiger charge is -2.21. The fraction of sp³-hybridized carbons (Fsp3) is 0.308. The average Bonchev–Trinajstić information content (AvgIpc) is 3.40. The summed E-state index contributed by atoms with van der Waals surface area (Å²) in [4.78, 5) is 43.4. The highest BCUT2D eigenvalue weighted by Gasteiger charge is 2.19. The normalized spacial score (nSPS) is 15.8. The van der Waals surface area contributed by atoms with Crippen LogP contribution in [0, 0.1) is 0 Å². The molecule has 3 aromatic rings. The molecule has 1 aromatic heterocycles. The Labute approximate surface area is 203 Å². The first-order valence-corrected chi connectivity index (χ1v) is 11.7. The van der Waals surface area contributed by atoms with Gasteiger partial charge in [-0.05, 0) is 54.7 Å². The molecule has 3 N–H and O–H groups in total. The Morgan fingerprint density at radius 3 is 2.63 bits per heavy atom. The van der Waals surface area contributed by atoms with Crippen molar-refractivity contribution in [3.8, 4) is 16.9 Å². The number of carbonyl (C=O) groups excluding carboxylic acids is 3. The van der Waals surface area contributed by atoms with Crippen LogP contribution in [-0.2, 0) is 11.2 Å². The van der Waals surface area contributed by atoms with Crippen molar-refractivity contribution in [3.63, 3.8) is 0 Å². The molecule has 2 aromatic carbocycles. The molecule has 0 saturated heterocycles. The Hall–Kier alpha value is -4.14. The molecular formula is C26H28N4O5. The monoisotopic (exact) mass is 476 g/mol. The molecule has 9 nitrogen and oxygen atoms in total. The summed E-state index contributed by atoms with van der Waals surface area (Å²) in [5, 5.41) is 16.2. The third-order valence-electron chi connectivity index (χ3n) is 5.89. The number of rotatable bonds is 1. The van der Waals surface area contributed by atoms with Gasteiger partial charge in [-0.15, -0.1) is 0 Å². The molecule has 0 radical (unpaired) electrons. The summed E-state index contributed by atoms with van der Waals surface area (Å²) in [6.45, 7) is 1.60. The summed E-state index contributed by atoms with van der Waals surface area (Å²) in [7, 11) is 0. The van der Waals surface area contributed by atoms with Crippen molar-refractivity contribution in [1.29, 1.82) is 0 Å². The first kappa shape index (κ1) is 24.0. The topological polar surface area (TPSA) is 125 Å². The second-order valence-corrected chi connectivity index (χ2v) is 8.41. The number of carbonyl (C=O) groups is 3. The van der Waals surface area contributed by atoms with Crippen LogP contribution in [0.3, 0.4) is 0 Å². The van der Waals surface area contributed by atoms with E-state index in [-0.39, 0.29) is 35.6 Å². The maximum absolute atomic E-state index is 12.8. The number of hydrogen-bond acceptors (Lipinski definition) is 6. The van der Waals surface area contributed by atoms with Crippen LogP contribution in [0.4, 0.5) is 0 Å². The maximum Gasteiger partial charge on any atom is 0.275 e. The molecule has 3 amide bonds. The molecule has 0 saturated carbocycles. The molecule has 1 aliphatic rings. The predicted molar refractivity (Wildman–Crippen MR) is 129 cm³/mol. The van der Waals surface area contributed by atoms with E-state index in [0.29, 0.717) is 56.6 Å². The van der Waals surface area contributed by atoms with Crippen molar-refractivity contribution in [2.75, 3.05) is 26.2 Å². The summed E-state index contributed by atoms with van der Waals surface area (Å²) in [6.07, 6.45) is 4.41. The van der Waals surface area contributed by atoms with Crippen LogP contribution in [0.1, 0.15) is 45.7 Å². The van der Waals surface area contributed by atoms with Crippen LogP contribution >= 0.6 is 0 Å². The van der Waals surface area contributed by atoms with Gasteiger partial charge in [-0.25, -0.2) is 4.98 Å². The molecule has 2 heterocycles. The van der Waals surface area contributed by atoms with E-state index in [1.54, 1.807) is 29.2 Å². The van der Waals surface area contributed by atoms with Gasteiger partial charge in [0.1, 0.15) is 12.0 Å². The number of fused-ring (bicyclic) bond motifs is 5. The lowest BCUT2D eigenvalue weighted by Crippen LogP contribution is -2.36. The number of phenolic OH excluding ortho intramolecular Hbond substituents is 1. The molecule has 0 fully saturated rings. The minimum Gasteiger partial charge on any atom is -0.507 e. The lowest BCUT2D eigenvalue weighted by atomic mass is 9.98. The fourth-order valence-corrected chi connectivity index (χ4v) is 4.03. The number of nitrogens with zero attached hydrogens (tertiary/aromatic N) is 2. The Morgan fingerprint density at radius 1 is 0.971 bits per heavy atom. The molecule has 9 heteroatoms. The van der Waals surface area contributed by atoms with Gasteiger partial charge in [-0.3, -0.25) is 14.4 Å². The lowest BCUT2D eigenvalue weighted by molar-refractivity contribution is -0.121. The molecule has 4 rings (SSSR count). The Bertz CT molecular complexity index is 1190. The molecule has 0 aliphatic carbocycles. The number of nitrogens with one attached hydrogen (secondary N) is 2. The van der Waals surface area contributed by atoms with E-state index in [0.717, 1.165) is 11.1 Å². The van der Waals surface area contributed by atoms with Gasteiger partial charge in [0.25, 0.3) is 11.8 Å². The minimum absolute atomic E-state index is 0.0873. The Kier molecular flexibility index (Phi) is 7.77. The zero-order valence-electron chi connectivity index (χ0n) is 19.3. The number of aromatic hydroxyl groups is 1. The summed E-state index contributed by atoms with van der Waals surface area (Å²) in [5.74, 6) is -0.471. The van der Waals surface area contributed by atoms with Crippen LogP contribution in [0.25, 0.3) is 11.1 Å². The van der Waals surface area contributed by atoms with E-state index in [1.807, 2.05) is 18.2 Å². The molecule has 182 valence electrons. The molecular weight excluding hydrogens is 448 g/mol. The minimum atomic E-state index is -0.275. The number of hydrogen-bond donors (Lipinski definition) is 3. The highest BCUT2D eigenvalue weighted by atomic mass is 16.3. The fourth-order valence-electron chi connectivity index (χ4n) is 4.03. The second kappa shape index (κ2) is 11.3. The maximum atomic E-state index is 12.8. The van der Waals surface area contributed by atoms with Gasteiger partial charge < -0.3 is 25.1 Å². The van der Waals surface area contributed by atoms with Gasteiger partial charge in [0.05, 0.1) is 0 Å². The first-order chi connectivity index (χ1) is 17.0. The van der Waals surface area contributed by atoms with Gasteiger partial charge >= 0.3 is 0 Å². The van der Waals surface area contributed by atoms with E-state index >= 15 is 0 Å². The molecule has 35 heavy (non-hydrogen) atoms. The number of amides is 3. The third kappa shape index (κ3) is 6.26. The van der Waals surface area contributed by atoms with E-state index in [2.05, 4.69) is 15.6 Å². The Morgan fingerprint density at radius 2 is 1.80 bits per heavy atom. The first-order valence-electron chi connectivity index (χ1n) is 11.7. The van der Waals surface area contributed by atoms with Crippen molar-refractivity contribution in [2.24, 2.45) is 0 Å². The predicted octanol–water partition coefficient (Wildman–Crippen LogP) is 2.76. The van der Waals surface area contributed by atoms with Gasteiger partial charge in [-0.1, -0.05) is 18.2 Å². The third-order valence-corrected chi connectivity index (χ3v) is 5.89. The molecule has 1 aliphatic heterocycles. The van der Waals surface area contributed by atoms with Gasteiger partial charge in [0.15, 0.2) is 12.1 Å². The highest BCUT2D eigenvalue weighted by molar-refractivity contribution is 5.95. The molecule has 4 bridgehead atoms. The summed E-state index contributed by atoms with van der Waals surface area (Å²) in [6, 6.07) is 12.4. The summed E-state index contributed by atoms with van der Waals surface area (Å²) in [5.41, 5.74) is 2.99. The second-order valence-electron chi connectivity index (χ2n) is 8.41. The van der Waals surface area contributed by atoms with Crippen molar-refractivity contribution >= 4 is 17.7 Å². The van der Waals surface area contributed by atoms with Crippen LogP contribution < -0.4 is 10.6 Å². The summed E-state index contributed by atoms with van der Waals surface area (Å²) >= 11 is 0. The molecule has 0 atom stereocenters. The van der Waals surface area contributed by atoms with E-state index in [4.69, 9.17) is 4.42 Å². The standard InChI is InChI=1S/C26H28N4O5/c31-23-8-7-18-9-11-27-24(32)6-2-12-30(26(34)22-16-35-17-29-22)13-3-10-28-25(33)20-5-1-4-19(15-20)21(23)14-18/h1,4-5,7-8,14-17,31H,2-3,6,9-13H2,(H,27,32)(H,28,33). The number of phenols is 1. The molecule has 0 unspecified atom stereocenters. The van der Waals surface area contributed by atoms with Crippen LogP contribution in [-0.4, -0.2) is 58.9 Å². The van der Waals surface area contributed by atoms with Crippen LogP contribution in [0.15, 0.2) is 59.5 Å². The van der Waals surface area contributed by atoms with E-state index < -0.39 is 0 Å². The largest absolute Gasteiger partial charge is 0.507 e. The van der Waals surface area contributed by atoms with Crippen molar-refractivity contribution in [1.82, 2.24) is 20.5 Å². The van der Waals surface area contributed by atoms with E-state index in [9.17, 15) is 19.5 Å². The number of benzene rings is 2. The quantitative estimate of drug-likeness (QED) is 0.496. The molecule has 0 spiro atoms.